The Kier molecular flexibility index (Phi) is 4.11. The van der Waals surface area contributed by atoms with Crippen LogP contribution in [0.1, 0.15) is 43.9 Å². The number of nitrogens with zero attached hydrogens (tertiary/aromatic N) is 1. The molecule has 112 valence electrons. The summed E-state index contributed by atoms with van der Waals surface area (Å²) in [5, 5.41) is 14.6. The second-order valence-electron chi connectivity index (χ2n) is 6.07. The van der Waals surface area contributed by atoms with Crippen molar-refractivity contribution in [2.75, 3.05) is 5.32 Å². The van der Waals surface area contributed by atoms with Crippen LogP contribution in [0.5, 0.6) is 0 Å². The third-order valence-electron chi connectivity index (χ3n) is 4.60. The summed E-state index contributed by atoms with van der Waals surface area (Å²) in [4.78, 5) is 4.73. The van der Waals surface area contributed by atoms with Gasteiger partial charge in [-0.25, -0.2) is 0 Å². The van der Waals surface area contributed by atoms with Gasteiger partial charge in [-0.3, -0.25) is 4.98 Å². The first-order valence-electron chi connectivity index (χ1n) is 8.02. The molecule has 0 bridgehead atoms. The number of anilines is 1. The summed E-state index contributed by atoms with van der Waals surface area (Å²) >= 11 is 0. The molecular weight excluding hydrogens is 260 g/mol. The standard InChI is InChI=1S/C18H24N2O/c1-3-15-12(2)19-17-7-5-4-6-16(17)18(15)20-13-8-10-14(21)11-9-13/h4-7,13-14,21H,3,8-11H2,1-2H3,(H,19,20). The summed E-state index contributed by atoms with van der Waals surface area (Å²) in [6, 6.07) is 8.82. The molecule has 0 amide bonds. The molecule has 1 saturated carbocycles. The molecule has 0 radical (unpaired) electrons. The first-order valence-corrected chi connectivity index (χ1v) is 8.02. The van der Waals surface area contributed by atoms with E-state index in [1.165, 1.54) is 16.6 Å². The molecular formula is C18H24N2O. The molecule has 3 heteroatoms. The predicted octanol–water partition coefficient (Wildman–Crippen LogP) is 3.82. The van der Waals surface area contributed by atoms with Gasteiger partial charge in [0.25, 0.3) is 0 Å². The normalized spacial score (nSPS) is 22.4. The molecule has 1 aliphatic rings. The summed E-state index contributed by atoms with van der Waals surface area (Å²) < 4.78 is 0. The number of aryl methyl sites for hydroxylation is 1. The van der Waals surface area contributed by atoms with Crippen molar-refractivity contribution in [3.63, 3.8) is 0 Å². The highest BCUT2D eigenvalue weighted by Crippen LogP contribution is 2.31. The Labute approximate surface area is 126 Å². The van der Waals surface area contributed by atoms with E-state index < -0.39 is 0 Å². The van der Waals surface area contributed by atoms with Crippen molar-refractivity contribution in [1.29, 1.82) is 0 Å². The third-order valence-corrected chi connectivity index (χ3v) is 4.60. The van der Waals surface area contributed by atoms with Gasteiger partial charge >= 0.3 is 0 Å². The monoisotopic (exact) mass is 284 g/mol. The molecule has 2 aromatic rings. The lowest BCUT2D eigenvalue weighted by Gasteiger charge is -2.28. The van der Waals surface area contributed by atoms with Crippen molar-refractivity contribution in [1.82, 2.24) is 4.98 Å². The Morgan fingerprint density at radius 1 is 1.19 bits per heavy atom. The first kappa shape index (κ1) is 14.3. The maximum atomic E-state index is 9.67. The van der Waals surface area contributed by atoms with Crippen LogP contribution in [0.15, 0.2) is 24.3 Å². The number of pyridine rings is 1. The van der Waals surface area contributed by atoms with Gasteiger partial charge in [0.1, 0.15) is 0 Å². The van der Waals surface area contributed by atoms with E-state index in [0.29, 0.717) is 6.04 Å². The fraction of sp³-hybridized carbons (Fsp3) is 0.500. The van der Waals surface area contributed by atoms with Crippen LogP contribution in [-0.2, 0) is 6.42 Å². The smallest absolute Gasteiger partial charge is 0.0726 e. The van der Waals surface area contributed by atoms with Crippen molar-refractivity contribution >= 4 is 16.6 Å². The van der Waals surface area contributed by atoms with Crippen LogP contribution in [-0.4, -0.2) is 22.2 Å². The molecule has 0 spiro atoms. The molecule has 1 aromatic heterocycles. The minimum absolute atomic E-state index is 0.107. The summed E-state index contributed by atoms with van der Waals surface area (Å²) in [6.45, 7) is 4.29. The minimum Gasteiger partial charge on any atom is -0.393 e. The lowest BCUT2D eigenvalue weighted by atomic mass is 9.92. The minimum atomic E-state index is -0.107. The molecule has 3 rings (SSSR count). The third kappa shape index (κ3) is 2.88. The van der Waals surface area contributed by atoms with Gasteiger partial charge in [0.15, 0.2) is 0 Å². The number of benzene rings is 1. The van der Waals surface area contributed by atoms with Crippen LogP contribution < -0.4 is 5.32 Å². The van der Waals surface area contributed by atoms with E-state index in [1.807, 2.05) is 6.07 Å². The number of para-hydroxylation sites is 1. The van der Waals surface area contributed by atoms with Gasteiger partial charge in [0.2, 0.25) is 0 Å². The van der Waals surface area contributed by atoms with E-state index in [0.717, 1.165) is 43.3 Å². The second kappa shape index (κ2) is 6.02. The van der Waals surface area contributed by atoms with E-state index in [1.54, 1.807) is 0 Å². The largest absolute Gasteiger partial charge is 0.393 e. The highest BCUT2D eigenvalue weighted by atomic mass is 16.3. The van der Waals surface area contributed by atoms with Crippen molar-refractivity contribution in [2.24, 2.45) is 0 Å². The highest BCUT2D eigenvalue weighted by Gasteiger charge is 2.21. The van der Waals surface area contributed by atoms with Gasteiger partial charge in [-0.2, -0.15) is 0 Å². The van der Waals surface area contributed by atoms with E-state index >= 15 is 0 Å². The Balaban J connectivity index is 1.99. The van der Waals surface area contributed by atoms with Crippen molar-refractivity contribution in [3.05, 3.63) is 35.5 Å². The lowest BCUT2D eigenvalue weighted by molar-refractivity contribution is 0.126. The molecule has 1 heterocycles. The summed E-state index contributed by atoms with van der Waals surface area (Å²) in [5.74, 6) is 0. The Hall–Kier alpha value is -1.61. The topological polar surface area (TPSA) is 45.2 Å². The van der Waals surface area contributed by atoms with Gasteiger partial charge in [-0.05, 0) is 50.7 Å². The lowest BCUT2D eigenvalue weighted by Crippen LogP contribution is -2.28. The number of hydrogen-bond acceptors (Lipinski definition) is 3. The molecule has 1 aromatic carbocycles. The van der Waals surface area contributed by atoms with E-state index in [2.05, 4.69) is 37.4 Å². The van der Waals surface area contributed by atoms with Gasteiger partial charge < -0.3 is 10.4 Å². The number of nitrogens with one attached hydrogen (secondary N) is 1. The molecule has 0 unspecified atom stereocenters. The molecule has 0 atom stereocenters. The van der Waals surface area contributed by atoms with Gasteiger partial charge in [-0.1, -0.05) is 25.1 Å². The zero-order valence-electron chi connectivity index (χ0n) is 12.9. The van der Waals surface area contributed by atoms with Crippen LogP contribution in [0.25, 0.3) is 10.9 Å². The van der Waals surface area contributed by atoms with Crippen LogP contribution in [0.2, 0.25) is 0 Å². The fourth-order valence-electron chi connectivity index (χ4n) is 3.40. The molecule has 21 heavy (non-hydrogen) atoms. The SMILES string of the molecule is CCc1c(C)nc2ccccc2c1NC1CCC(O)CC1. The maximum absolute atomic E-state index is 9.67. The average molecular weight is 284 g/mol. The second-order valence-corrected chi connectivity index (χ2v) is 6.07. The quantitative estimate of drug-likeness (QED) is 0.900. The summed E-state index contributed by atoms with van der Waals surface area (Å²) in [7, 11) is 0. The first-order chi connectivity index (χ1) is 10.2. The van der Waals surface area contributed by atoms with Gasteiger partial charge in [-0.15, -0.1) is 0 Å². The van der Waals surface area contributed by atoms with E-state index in [-0.39, 0.29) is 6.10 Å². The van der Waals surface area contributed by atoms with E-state index in [9.17, 15) is 5.11 Å². The number of aromatic nitrogens is 1. The maximum Gasteiger partial charge on any atom is 0.0726 e. The number of fused-ring (bicyclic) bond motifs is 1. The average Bonchev–Trinajstić information content (AvgIpc) is 2.49. The van der Waals surface area contributed by atoms with Crippen LogP contribution in [0, 0.1) is 6.92 Å². The Bertz CT molecular complexity index is 630. The van der Waals surface area contributed by atoms with Gasteiger partial charge in [0, 0.05) is 22.8 Å². The molecule has 1 aliphatic carbocycles. The zero-order valence-corrected chi connectivity index (χ0v) is 12.9. The van der Waals surface area contributed by atoms with Crippen LogP contribution in [0.3, 0.4) is 0 Å². The number of aliphatic hydroxyl groups excluding tert-OH is 1. The van der Waals surface area contributed by atoms with E-state index in [4.69, 9.17) is 4.98 Å². The molecule has 0 saturated heterocycles. The highest BCUT2D eigenvalue weighted by molar-refractivity contribution is 5.93. The van der Waals surface area contributed by atoms with Crippen molar-refractivity contribution in [3.8, 4) is 0 Å². The Morgan fingerprint density at radius 2 is 1.90 bits per heavy atom. The summed E-state index contributed by atoms with van der Waals surface area (Å²) in [5.41, 5.74) is 4.75. The number of aliphatic hydroxyl groups is 1. The van der Waals surface area contributed by atoms with Gasteiger partial charge in [0.05, 0.1) is 11.6 Å². The van der Waals surface area contributed by atoms with Crippen LogP contribution in [0.4, 0.5) is 5.69 Å². The predicted molar refractivity (Wildman–Crippen MR) is 87.7 cm³/mol. The fourth-order valence-corrected chi connectivity index (χ4v) is 3.40. The number of rotatable bonds is 3. The molecule has 1 fully saturated rings. The van der Waals surface area contributed by atoms with Crippen molar-refractivity contribution < 1.29 is 5.11 Å². The molecule has 0 aliphatic heterocycles. The Morgan fingerprint density at radius 3 is 2.62 bits per heavy atom. The zero-order chi connectivity index (χ0) is 14.8. The van der Waals surface area contributed by atoms with Crippen LogP contribution >= 0.6 is 0 Å². The molecule has 3 nitrogen and oxygen atoms in total. The number of hydrogen-bond donors (Lipinski definition) is 2. The summed E-state index contributed by atoms with van der Waals surface area (Å²) in [6.07, 6.45) is 4.77. The van der Waals surface area contributed by atoms with Crippen molar-refractivity contribution in [2.45, 2.75) is 58.1 Å². The molecule has 2 N–H and O–H groups in total.